The Hall–Kier alpha value is -1.76. The van der Waals surface area contributed by atoms with E-state index in [0.29, 0.717) is 5.82 Å². The van der Waals surface area contributed by atoms with Crippen LogP contribution in [0.1, 0.15) is 5.82 Å². The first-order valence-corrected chi connectivity index (χ1v) is 5.31. The number of aromatic nitrogens is 4. The van der Waals surface area contributed by atoms with Crippen molar-refractivity contribution in [1.82, 2.24) is 20.6 Å². The van der Waals surface area contributed by atoms with Gasteiger partial charge < -0.3 is 5.32 Å². The number of hydrogen-bond donors (Lipinski definition) is 2. The summed E-state index contributed by atoms with van der Waals surface area (Å²) in [5.41, 5.74) is 0.725. The van der Waals surface area contributed by atoms with E-state index in [1.165, 1.54) is 0 Å². The number of halogens is 1. The highest BCUT2D eigenvalue weighted by Crippen LogP contribution is 2.15. The zero-order valence-corrected chi connectivity index (χ0v) is 9.73. The van der Waals surface area contributed by atoms with Crippen LogP contribution in [0.2, 0.25) is 0 Å². The molecule has 0 spiro atoms. The van der Waals surface area contributed by atoms with Gasteiger partial charge in [0.1, 0.15) is 0 Å². The van der Waals surface area contributed by atoms with Crippen LogP contribution in [0, 0.1) is 0 Å². The summed E-state index contributed by atoms with van der Waals surface area (Å²) in [6.45, 7) is 0. The molecular weight excluding hydrogens is 274 g/mol. The maximum atomic E-state index is 11.5. The molecule has 0 aliphatic heterocycles. The summed E-state index contributed by atoms with van der Waals surface area (Å²) in [7, 11) is 0. The number of aromatic amines is 1. The summed E-state index contributed by atoms with van der Waals surface area (Å²) in [5, 5.41) is 15.8. The average molecular weight is 282 g/mol. The molecule has 0 radical (unpaired) electrons. The van der Waals surface area contributed by atoms with Gasteiger partial charge in [0.15, 0.2) is 5.82 Å². The van der Waals surface area contributed by atoms with Crippen molar-refractivity contribution in [2.24, 2.45) is 0 Å². The molecule has 1 amide bonds. The number of anilines is 1. The molecule has 2 rings (SSSR count). The number of rotatable bonds is 3. The Kier molecular flexibility index (Phi) is 3.25. The second-order valence-corrected chi connectivity index (χ2v) is 3.98. The Morgan fingerprint density at radius 3 is 3.06 bits per heavy atom. The van der Waals surface area contributed by atoms with Crippen molar-refractivity contribution in [3.05, 3.63) is 34.6 Å². The third kappa shape index (κ3) is 2.86. The third-order valence-corrected chi connectivity index (χ3v) is 2.31. The second-order valence-electron chi connectivity index (χ2n) is 3.06. The summed E-state index contributed by atoms with van der Waals surface area (Å²) < 4.78 is 0.907. The molecule has 7 heteroatoms. The van der Waals surface area contributed by atoms with Crippen molar-refractivity contribution in [3.8, 4) is 0 Å². The van der Waals surface area contributed by atoms with Crippen LogP contribution in [0.5, 0.6) is 0 Å². The second kappa shape index (κ2) is 4.84. The molecule has 1 aromatic carbocycles. The monoisotopic (exact) mass is 281 g/mol. The van der Waals surface area contributed by atoms with Crippen LogP contribution in [-0.2, 0) is 11.2 Å². The standard InChI is InChI=1S/C9H8BrN5O/c10-6-2-1-3-7(4-6)11-9(16)5-8-12-14-15-13-8/h1-4H,5H2,(H,11,16)(H,12,13,14,15). The zero-order chi connectivity index (χ0) is 11.4. The predicted octanol–water partition coefficient (Wildman–Crippen LogP) is 1.14. The van der Waals surface area contributed by atoms with Gasteiger partial charge in [-0.1, -0.05) is 27.2 Å². The average Bonchev–Trinajstić information content (AvgIpc) is 2.70. The lowest BCUT2D eigenvalue weighted by molar-refractivity contribution is -0.115. The van der Waals surface area contributed by atoms with Crippen molar-refractivity contribution in [2.75, 3.05) is 5.32 Å². The van der Waals surface area contributed by atoms with E-state index in [4.69, 9.17) is 0 Å². The van der Waals surface area contributed by atoms with Crippen LogP contribution in [0.4, 0.5) is 5.69 Å². The minimum atomic E-state index is -0.181. The summed E-state index contributed by atoms with van der Waals surface area (Å²) in [4.78, 5) is 11.5. The van der Waals surface area contributed by atoms with Crippen molar-refractivity contribution in [1.29, 1.82) is 0 Å². The van der Waals surface area contributed by atoms with Gasteiger partial charge in [0.25, 0.3) is 0 Å². The highest BCUT2D eigenvalue weighted by atomic mass is 79.9. The molecule has 0 saturated heterocycles. The summed E-state index contributed by atoms with van der Waals surface area (Å²) in [6, 6.07) is 7.34. The van der Waals surface area contributed by atoms with Gasteiger partial charge in [0, 0.05) is 10.2 Å². The maximum absolute atomic E-state index is 11.5. The van der Waals surface area contributed by atoms with Gasteiger partial charge in [0.2, 0.25) is 5.91 Å². The Balaban J connectivity index is 1.97. The van der Waals surface area contributed by atoms with Gasteiger partial charge in [0.05, 0.1) is 6.42 Å². The number of carbonyl (C=O) groups excluding carboxylic acids is 1. The predicted molar refractivity (Wildman–Crippen MR) is 60.7 cm³/mol. The minimum Gasteiger partial charge on any atom is -0.326 e. The molecule has 6 nitrogen and oxygen atoms in total. The van der Waals surface area contributed by atoms with Gasteiger partial charge in [-0.25, -0.2) is 0 Å². The van der Waals surface area contributed by atoms with E-state index in [2.05, 4.69) is 41.9 Å². The van der Waals surface area contributed by atoms with Crippen LogP contribution >= 0.6 is 15.9 Å². The minimum absolute atomic E-state index is 0.100. The fourth-order valence-electron chi connectivity index (χ4n) is 1.17. The highest BCUT2D eigenvalue weighted by molar-refractivity contribution is 9.10. The highest BCUT2D eigenvalue weighted by Gasteiger charge is 2.07. The zero-order valence-electron chi connectivity index (χ0n) is 8.14. The van der Waals surface area contributed by atoms with Gasteiger partial charge in [-0.15, -0.1) is 10.2 Å². The Morgan fingerprint density at radius 1 is 1.50 bits per heavy atom. The molecule has 0 saturated carbocycles. The molecule has 1 heterocycles. The largest absolute Gasteiger partial charge is 0.326 e. The fraction of sp³-hybridized carbons (Fsp3) is 0.111. The Morgan fingerprint density at radius 2 is 2.38 bits per heavy atom. The number of nitrogens with one attached hydrogen (secondary N) is 2. The van der Waals surface area contributed by atoms with E-state index in [9.17, 15) is 4.79 Å². The molecule has 82 valence electrons. The molecule has 0 bridgehead atoms. The molecule has 16 heavy (non-hydrogen) atoms. The van der Waals surface area contributed by atoms with E-state index in [-0.39, 0.29) is 12.3 Å². The molecule has 0 aliphatic carbocycles. The summed E-state index contributed by atoms with van der Waals surface area (Å²) >= 11 is 3.32. The molecule has 2 aromatic rings. The normalized spacial score (nSPS) is 10.1. The lowest BCUT2D eigenvalue weighted by Gasteiger charge is -2.03. The third-order valence-electron chi connectivity index (χ3n) is 1.82. The number of carbonyl (C=O) groups is 1. The lowest BCUT2D eigenvalue weighted by Crippen LogP contribution is -2.15. The van der Waals surface area contributed by atoms with Crippen LogP contribution in [0.25, 0.3) is 0 Å². The maximum Gasteiger partial charge on any atom is 0.232 e. The smallest absolute Gasteiger partial charge is 0.232 e. The molecule has 1 aromatic heterocycles. The van der Waals surface area contributed by atoms with Crippen LogP contribution in [0.15, 0.2) is 28.7 Å². The van der Waals surface area contributed by atoms with Gasteiger partial charge in [-0.2, -0.15) is 5.21 Å². The number of nitrogens with zero attached hydrogens (tertiary/aromatic N) is 3. The van der Waals surface area contributed by atoms with Crippen molar-refractivity contribution < 1.29 is 4.79 Å². The van der Waals surface area contributed by atoms with E-state index < -0.39 is 0 Å². The van der Waals surface area contributed by atoms with Crippen LogP contribution < -0.4 is 5.32 Å². The quantitative estimate of drug-likeness (QED) is 0.884. The topological polar surface area (TPSA) is 83.6 Å². The first kappa shape index (κ1) is 10.7. The number of H-pyrrole nitrogens is 1. The van der Waals surface area contributed by atoms with E-state index in [1.54, 1.807) is 6.07 Å². The van der Waals surface area contributed by atoms with Gasteiger partial charge in [-0.05, 0) is 18.2 Å². The molecule has 0 atom stereocenters. The lowest BCUT2D eigenvalue weighted by atomic mass is 10.3. The molecule has 0 fully saturated rings. The Labute approximate surface area is 99.6 Å². The summed E-state index contributed by atoms with van der Waals surface area (Å²) in [5.74, 6) is 0.187. The molecular formula is C9H8BrN5O. The number of tetrazole rings is 1. The van der Waals surface area contributed by atoms with E-state index in [0.717, 1.165) is 10.2 Å². The van der Waals surface area contributed by atoms with Crippen LogP contribution in [0.3, 0.4) is 0 Å². The fourth-order valence-corrected chi connectivity index (χ4v) is 1.57. The first-order chi connectivity index (χ1) is 7.74. The number of hydrogen-bond acceptors (Lipinski definition) is 4. The summed E-state index contributed by atoms with van der Waals surface area (Å²) in [6.07, 6.45) is 0.100. The molecule has 0 aliphatic rings. The van der Waals surface area contributed by atoms with E-state index >= 15 is 0 Å². The van der Waals surface area contributed by atoms with Crippen molar-refractivity contribution >= 4 is 27.5 Å². The first-order valence-electron chi connectivity index (χ1n) is 4.52. The number of amides is 1. The van der Waals surface area contributed by atoms with Gasteiger partial charge in [-0.3, -0.25) is 4.79 Å². The molecule has 0 unspecified atom stereocenters. The van der Waals surface area contributed by atoms with Crippen molar-refractivity contribution in [3.63, 3.8) is 0 Å². The number of benzene rings is 1. The van der Waals surface area contributed by atoms with E-state index in [1.807, 2.05) is 18.2 Å². The SMILES string of the molecule is O=C(Cc1nn[nH]n1)Nc1cccc(Br)c1. The van der Waals surface area contributed by atoms with Crippen molar-refractivity contribution in [2.45, 2.75) is 6.42 Å². The molecule has 2 N–H and O–H groups in total. The van der Waals surface area contributed by atoms with Gasteiger partial charge >= 0.3 is 0 Å². The van der Waals surface area contributed by atoms with Crippen LogP contribution in [-0.4, -0.2) is 26.5 Å². The Bertz CT molecular complexity index is 484.